The second kappa shape index (κ2) is 4.45. The molecule has 0 aliphatic heterocycles. The molecule has 88 valence electrons. The van der Waals surface area contributed by atoms with Gasteiger partial charge in [0.05, 0.1) is 11.7 Å². The van der Waals surface area contributed by atoms with Gasteiger partial charge in [0, 0.05) is 12.4 Å². The van der Waals surface area contributed by atoms with E-state index in [9.17, 15) is 8.78 Å². The van der Waals surface area contributed by atoms with Crippen molar-refractivity contribution in [1.29, 1.82) is 0 Å². The number of hydrogen-bond donors (Lipinski definition) is 0. The molecule has 16 heavy (non-hydrogen) atoms. The van der Waals surface area contributed by atoms with Crippen molar-refractivity contribution in [1.82, 2.24) is 4.98 Å². The SMILES string of the molecule is CCC(OC(F)(F)c1cccnc1)C1CC1. The molecular formula is C12H15F2NO. The highest BCUT2D eigenvalue weighted by Gasteiger charge is 2.41. The summed E-state index contributed by atoms with van der Waals surface area (Å²) >= 11 is 0. The molecule has 2 nitrogen and oxygen atoms in total. The zero-order chi connectivity index (χ0) is 11.6. The van der Waals surface area contributed by atoms with Crippen molar-refractivity contribution in [3.05, 3.63) is 30.1 Å². The second-order valence-corrected chi connectivity index (χ2v) is 4.16. The summed E-state index contributed by atoms with van der Waals surface area (Å²) in [5.41, 5.74) is -0.172. The molecule has 1 aliphatic carbocycles. The summed E-state index contributed by atoms with van der Waals surface area (Å²) in [6, 6.07) is 2.83. The van der Waals surface area contributed by atoms with E-state index in [0.717, 1.165) is 19.0 Å². The number of pyridine rings is 1. The molecule has 0 spiro atoms. The monoisotopic (exact) mass is 227 g/mol. The first-order valence-electron chi connectivity index (χ1n) is 5.59. The molecule has 0 saturated heterocycles. The van der Waals surface area contributed by atoms with Crippen LogP contribution in [-0.2, 0) is 10.8 Å². The lowest BCUT2D eigenvalue weighted by atomic mass is 10.2. The number of ether oxygens (including phenoxy) is 1. The third kappa shape index (κ3) is 2.55. The number of alkyl halides is 2. The average Bonchev–Trinajstić information content (AvgIpc) is 3.11. The molecule has 1 aromatic rings. The summed E-state index contributed by atoms with van der Waals surface area (Å²) in [5.74, 6) is 0.313. The van der Waals surface area contributed by atoms with Gasteiger partial charge in [0.15, 0.2) is 0 Å². The van der Waals surface area contributed by atoms with E-state index < -0.39 is 6.11 Å². The molecule has 0 amide bonds. The standard InChI is InChI=1S/C12H15F2NO/c1-2-11(9-5-6-9)16-12(13,14)10-4-3-7-15-8-10/h3-4,7-9,11H,2,5-6H2,1H3. The van der Waals surface area contributed by atoms with Gasteiger partial charge in [-0.05, 0) is 37.3 Å². The van der Waals surface area contributed by atoms with Crippen molar-refractivity contribution >= 4 is 0 Å². The average molecular weight is 227 g/mol. The normalized spacial score (nSPS) is 18.4. The van der Waals surface area contributed by atoms with Crippen LogP contribution in [0.2, 0.25) is 0 Å². The third-order valence-electron chi connectivity index (χ3n) is 2.85. The van der Waals surface area contributed by atoms with Crippen LogP contribution in [0.15, 0.2) is 24.5 Å². The van der Waals surface area contributed by atoms with Gasteiger partial charge in [-0.15, -0.1) is 0 Å². The van der Waals surface area contributed by atoms with Crippen molar-refractivity contribution in [2.45, 2.75) is 38.4 Å². The number of nitrogens with zero attached hydrogens (tertiary/aromatic N) is 1. The summed E-state index contributed by atoms with van der Waals surface area (Å²) in [6.07, 6.45) is 1.69. The van der Waals surface area contributed by atoms with Gasteiger partial charge in [0.2, 0.25) is 0 Å². The molecule has 2 rings (SSSR count). The van der Waals surface area contributed by atoms with Crippen LogP contribution in [0.25, 0.3) is 0 Å². The maximum Gasteiger partial charge on any atom is 0.385 e. The summed E-state index contributed by atoms with van der Waals surface area (Å²) in [5, 5.41) is 0. The van der Waals surface area contributed by atoms with Crippen LogP contribution in [0, 0.1) is 5.92 Å². The molecule has 0 N–H and O–H groups in total. The highest BCUT2D eigenvalue weighted by atomic mass is 19.3. The quantitative estimate of drug-likeness (QED) is 0.769. The smallest absolute Gasteiger partial charge is 0.313 e. The first-order valence-corrected chi connectivity index (χ1v) is 5.59. The molecule has 1 heterocycles. The third-order valence-corrected chi connectivity index (χ3v) is 2.85. The predicted octanol–water partition coefficient (Wildman–Crippen LogP) is 3.34. The van der Waals surface area contributed by atoms with Crippen LogP contribution < -0.4 is 0 Å². The fourth-order valence-electron chi connectivity index (χ4n) is 1.77. The Hall–Kier alpha value is -1.03. The second-order valence-electron chi connectivity index (χ2n) is 4.16. The van der Waals surface area contributed by atoms with Crippen LogP contribution >= 0.6 is 0 Å². The molecule has 0 bridgehead atoms. The number of aromatic nitrogens is 1. The first kappa shape index (κ1) is 11.5. The van der Waals surface area contributed by atoms with Crippen LogP contribution in [-0.4, -0.2) is 11.1 Å². The fourth-order valence-corrected chi connectivity index (χ4v) is 1.77. The van der Waals surface area contributed by atoms with E-state index in [1.165, 1.54) is 18.3 Å². The zero-order valence-corrected chi connectivity index (χ0v) is 9.20. The maximum absolute atomic E-state index is 13.7. The van der Waals surface area contributed by atoms with Crippen molar-refractivity contribution in [3.8, 4) is 0 Å². The molecule has 1 fully saturated rings. The van der Waals surface area contributed by atoms with Gasteiger partial charge in [-0.3, -0.25) is 4.98 Å². The van der Waals surface area contributed by atoms with Crippen LogP contribution in [0.5, 0.6) is 0 Å². The van der Waals surface area contributed by atoms with Gasteiger partial charge in [-0.1, -0.05) is 6.92 Å². The Balaban J connectivity index is 2.06. The van der Waals surface area contributed by atoms with Gasteiger partial charge in [-0.25, -0.2) is 0 Å². The first-order chi connectivity index (χ1) is 7.63. The van der Waals surface area contributed by atoms with Crippen molar-refractivity contribution in [2.75, 3.05) is 0 Å². The predicted molar refractivity (Wildman–Crippen MR) is 56.0 cm³/mol. The Bertz CT molecular complexity index is 338. The van der Waals surface area contributed by atoms with Crippen LogP contribution in [0.1, 0.15) is 31.7 Å². The van der Waals surface area contributed by atoms with Crippen molar-refractivity contribution in [2.24, 2.45) is 5.92 Å². The highest BCUT2D eigenvalue weighted by Crippen LogP contribution is 2.40. The summed E-state index contributed by atoms with van der Waals surface area (Å²) in [7, 11) is 0. The zero-order valence-electron chi connectivity index (χ0n) is 9.20. The van der Waals surface area contributed by atoms with Crippen LogP contribution in [0.4, 0.5) is 8.78 Å². The topological polar surface area (TPSA) is 22.1 Å². The molecule has 1 aromatic heterocycles. The molecule has 1 aliphatic rings. The number of hydrogen-bond acceptors (Lipinski definition) is 2. The Morgan fingerprint density at radius 1 is 1.56 bits per heavy atom. The molecule has 0 radical (unpaired) electrons. The van der Waals surface area contributed by atoms with E-state index in [-0.39, 0.29) is 11.7 Å². The number of halogens is 2. The Labute approximate surface area is 93.6 Å². The van der Waals surface area contributed by atoms with E-state index in [2.05, 4.69) is 4.98 Å². The molecule has 1 atom stereocenters. The lowest BCUT2D eigenvalue weighted by Crippen LogP contribution is -2.27. The van der Waals surface area contributed by atoms with E-state index in [0.29, 0.717) is 12.3 Å². The fraction of sp³-hybridized carbons (Fsp3) is 0.583. The largest absolute Gasteiger partial charge is 0.385 e. The number of rotatable bonds is 5. The van der Waals surface area contributed by atoms with Gasteiger partial charge in [0.1, 0.15) is 0 Å². The van der Waals surface area contributed by atoms with Crippen molar-refractivity contribution in [3.63, 3.8) is 0 Å². The Kier molecular flexibility index (Phi) is 3.19. The van der Waals surface area contributed by atoms with Gasteiger partial charge in [-0.2, -0.15) is 8.78 Å². The Morgan fingerprint density at radius 3 is 2.81 bits per heavy atom. The van der Waals surface area contributed by atoms with Crippen molar-refractivity contribution < 1.29 is 13.5 Å². The molecule has 0 aromatic carbocycles. The summed E-state index contributed by atoms with van der Waals surface area (Å²) in [6.45, 7) is 1.88. The van der Waals surface area contributed by atoms with E-state index >= 15 is 0 Å². The van der Waals surface area contributed by atoms with Gasteiger partial charge < -0.3 is 4.74 Å². The van der Waals surface area contributed by atoms with E-state index in [4.69, 9.17) is 4.74 Å². The lowest BCUT2D eigenvalue weighted by Gasteiger charge is -2.23. The molecule has 1 saturated carbocycles. The lowest BCUT2D eigenvalue weighted by molar-refractivity contribution is -0.277. The van der Waals surface area contributed by atoms with E-state index in [1.807, 2.05) is 6.92 Å². The molecular weight excluding hydrogens is 212 g/mol. The minimum Gasteiger partial charge on any atom is -0.313 e. The van der Waals surface area contributed by atoms with Crippen LogP contribution in [0.3, 0.4) is 0 Å². The Morgan fingerprint density at radius 2 is 2.31 bits per heavy atom. The molecule has 1 unspecified atom stereocenters. The minimum atomic E-state index is -3.22. The van der Waals surface area contributed by atoms with E-state index in [1.54, 1.807) is 0 Å². The molecule has 4 heteroatoms. The summed E-state index contributed by atoms with van der Waals surface area (Å²) in [4.78, 5) is 3.68. The maximum atomic E-state index is 13.7. The minimum absolute atomic E-state index is 0.172. The summed E-state index contributed by atoms with van der Waals surface area (Å²) < 4.78 is 32.4. The highest BCUT2D eigenvalue weighted by molar-refractivity contribution is 5.12. The van der Waals surface area contributed by atoms with Gasteiger partial charge >= 0.3 is 6.11 Å². The van der Waals surface area contributed by atoms with Gasteiger partial charge in [0.25, 0.3) is 0 Å².